The van der Waals surface area contributed by atoms with Gasteiger partial charge in [0.05, 0.1) is 17.1 Å². The van der Waals surface area contributed by atoms with Gasteiger partial charge in [0.1, 0.15) is 6.10 Å². The molecule has 0 bridgehead atoms. The number of non-ortho nitro benzene ring substituents is 1. The molecule has 1 aromatic carbocycles. The van der Waals surface area contributed by atoms with Crippen molar-refractivity contribution in [3.05, 3.63) is 39.9 Å². The number of nitrogens with zero attached hydrogens (tertiary/aromatic N) is 6. The molecule has 3 aromatic rings. The van der Waals surface area contributed by atoms with Crippen molar-refractivity contribution < 1.29 is 25.0 Å². The van der Waals surface area contributed by atoms with Crippen LogP contribution in [-0.4, -0.2) is 82.3 Å². The van der Waals surface area contributed by atoms with E-state index in [1.54, 1.807) is 23.7 Å². The van der Waals surface area contributed by atoms with Crippen molar-refractivity contribution in [3.8, 4) is 0 Å². The molecule has 1 amide bonds. The molecule has 1 aliphatic rings. The molecule has 2 heterocycles. The van der Waals surface area contributed by atoms with Crippen molar-refractivity contribution in [2.45, 2.75) is 69.4 Å². The number of aliphatic hydroxyl groups excluding tert-OH is 2. The van der Waals surface area contributed by atoms with Crippen LogP contribution in [-0.2, 0) is 6.42 Å². The lowest BCUT2D eigenvalue weighted by atomic mass is 10.1. The highest BCUT2D eigenvalue weighted by molar-refractivity contribution is 7.99. The number of aryl methyl sites for hydroxylation is 1. The van der Waals surface area contributed by atoms with Crippen molar-refractivity contribution >= 4 is 40.5 Å². The molecule has 0 unspecified atom stereocenters. The molecule has 15 heteroatoms. The number of aromatic nitrogens is 5. The Labute approximate surface area is 229 Å². The Kier molecular flexibility index (Phi) is 11.2. The van der Waals surface area contributed by atoms with Gasteiger partial charge in [0.2, 0.25) is 0 Å². The summed E-state index contributed by atoms with van der Waals surface area (Å²) < 4.78 is 1.60. The van der Waals surface area contributed by atoms with Crippen LogP contribution in [0.1, 0.15) is 51.1 Å². The fourth-order valence-corrected chi connectivity index (χ4v) is 4.79. The molecule has 1 saturated carbocycles. The van der Waals surface area contributed by atoms with E-state index in [2.05, 4.69) is 37.8 Å². The lowest BCUT2D eigenvalue weighted by Crippen LogP contribution is -2.28. The maximum absolute atomic E-state index is 11.0. The third kappa shape index (κ3) is 8.21. The van der Waals surface area contributed by atoms with Gasteiger partial charge < -0.3 is 26.0 Å². The topological polar surface area (TPSA) is 201 Å². The standard InChI is InChI=1S/C21H27N7O4S.C3H7NO2/c1-2-11-33-21-23-19(22-10-4-6-13-5-3-7-14(12-13)28(31)32)17-20(24-21)27(26-25-17)15-8-9-16(29)18(15)30;1-2-4-3(5)6/h3,5,7,12,15-16,18,29-30H,2,4,6,8-11H2,1H3,(H,22,23,24);4H,2H2,1H3,(H,5,6)/t15-,16-,18+;/m1./s1. The van der Waals surface area contributed by atoms with Crippen LogP contribution in [0.15, 0.2) is 29.4 Å². The zero-order chi connectivity index (χ0) is 28.4. The van der Waals surface area contributed by atoms with Crippen molar-refractivity contribution in [3.63, 3.8) is 0 Å². The van der Waals surface area contributed by atoms with E-state index in [4.69, 9.17) is 5.11 Å². The first-order valence-electron chi connectivity index (χ1n) is 12.8. The minimum Gasteiger partial charge on any atom is -0.465 e. The van der Waals surface area contributed by atoms with Crippen LogP contribution >= 0.6 is 11.8 Å². The van der Waals surface area contributed by atoms with Crippen LogP contribution in [0.3, 0.4) is 0 Å². The zero-order valence-corrected chi connectivity index (χ0v) is 22.7. The Morgan fingerprint density at radius 1 is 1.26 bits per heavy atom. The number of amides is 1. The number of hydrogen-bond donors (Lipinski definition) is 5. The van der Waals surface area contributed by atoms with Gasteiger partial charge in [-0.15, -0.1) is 5.10 Å². The van der Waals surface area contributed by atoms with E-state index in [0.29, 0.717) is 54.5 Å². The van der Waals surface area contributed by atoms with E-state index >= 15 is 0 Å². The Morgan fingerprint density at radius 3 is 2.67 bits per heavy atom. The maximum atomic E-state index is 11.0. The van der Waals surface area contributed by atoms with E-state index in [1.165, 1.54) is 17.8 Å². The number of rotatable bonds is 11. The molecule has 1 fully saturated rings. The molecule has 212 valence electrons. The number of hydrogen-bond acceptors (Lipinski definition) is 11. The summed E-state index contributed by atoms with van der Waals surface area (Å²) in [5.41, 5.74) is 2.03. The maximum Gasteiger partial charge on any atom is 0.404 e. The monoisotopic (exact) mass is 562 g/mol. The van der Waals surface area contributed by atoms with Gasteiger partial charge in [-0.2, -0.15) is 0 Å². The molecule has 0 aliphatic heterocycles. The predicted octanol–water partition coefficient (Wildman–Crippen LogP) is 3.01. The minimum atomic E-state index is -0.961. The molecule has 0 saturated heterocycles. The summed E-state index contributed by atoms with van der Waals surface area (Å²) in [7, 11) is 0. The zero-order valence-electron chi connectivity index (χ0n) is 21.9. The average molecular weight is 563 g/mol. The first kappa shape index (κ1) is 30.0. The number of fused-ring (bicyclic) bond motifs is 1. The molecule has 0 radical (unpaired) electrons. The summed E-state index contributed by atoms with van der Waals surface area (Å²) in [5.74, 6) is 1.43. The summed E-state index contributed by atoms with van der Waals surface area (Å²) in [5, 5.41) is 53.6. The second-order valence-corrected chi connectivity index (χ2v) is 9.97. The van der Waals surface area contributed by atoms with Gasteiger partial charge in [0.15, 0.2) is 22.1 Å². The first-order valence-corrected chi connectivity index (χ1v) is 13.8. The highest BCUT2D eigenvalue weighted by Gasteiger charge is 2.37. The largest absolute Gasteiger partial charge is 0.465 e. The smallest absolute Gasteiger partial charge is 0.404 e. The molecule has 0 spiro atoms. The van der Waals surface area contributed by atoms with Crippen molar-refractivity contribution in [1.82, 2.24) is 30.3 Å². The Morgan fingerprint density at radius 2 is 2.05 bits per heavy atom. The van der Waals surface area contributed by atoms with Gasteiger partial charge in [-0.1, -0.05) is 36.0 Å². The van der Waals surface area contributed by atoms with E-state index < -0.39 is 23.2 Å². The summed E-state index contributed by atoms with van der Waals surface area (Å²) in [6.07, 6.45) is 0.831. The van der Waals surface area contributed by atoms with Gasteiger partial charge in [0, 0.05) is 31.0 Å². The predicted molar refractivity (Wildman–Crippen MR) is 146 cm³/mol. The molecule has 39 heavy (non-hydrogen) atoms. The van der Waals surface area contributed by atoms with Gasteiger partial charge in [-0.25, -0.2) is 19.4 Å². The van der Waals surface area contributed by atoms with E-state index in [0.717, 1.165) is 24.2 Å². The van der Waals surface area contributed by atoms with Crippen LogP contribution < -0.4 is 10.6 Å². The quantitative estimate of drug-likeness (QED) is 0.0753. The lowest BCUT2D eigenvalue weighted by Gasteiger charge is -2.16. The fraction of sp³-hybridized carbons (Fsp3) is 0.542. The Bertz CT molecular complexity index is 1260. The fourth-order valence-electron chi connectivity index (χ4n) is 4.10. The summed E-state index contributed by atoms with van der Waals surface area (Å²) in [6, 6.07) is 6.26. The van der Waals surface area contributed by atoms with Crippen molar-refractivity contribution in [2.24, 2.45) is 0 Å². The van der Waals surface area contributed by atoms with Gasteiger partial charge in [-0.3, -0.25) is 10.1 Å². The van der Waals surface area contributed by atoms with Gasteiger partial charge in [-0.05, 0) is 44.6 Å². The first-order chi connectivity index (χ1) is 18.7. The minimum absolute atomic E-state index is 0.0893. The summed E-state index contributed by atoms with van der Waals surface area (Å²) >= 11 is 1.54. The number of nitrogens with one attached hydrogen (secondary N) is 2. The third-order valence-electron chi connectivity index (χ3n) is 5.98. The highest BCUT2D eigenvalue weighted by Crippen LogP contribution is 2.33. The number of carboxylic acid groups (broad SMARTS) is 1. The number of nitro benzene ring substituents is 1. The average Bonchev–Trinajstić information content (AvgIpc) is 3.48. The van der Waals surface area contributed by atoms with Crippen LogP contribution in [0.2, 0.25) is 0 Å². The summed E-state index contributed by atoms with van der Waals surface area (Å²) in [4.78, 5) is 29.3. The van der Waals surface area contributed by atoms with Crippen LogP contribution in [0.5, 0.6) is 0 Å². The van der Waals surface area contributed by atoms with Crippen LogP contribution in [0.25, 0.3) is 11.2 Å². The van der Waals surface area contributed by atoms with Gasteiger partial charge >= 0.3 is 6.09 Å². The van der Waals surface area contributed by atoms with Gasteiger partial charge in [0.25, 0.3) is 5.69 Å². The third-order valence-corrected chi connectivity index (χ3v) is 7.04. The molecule has 4 rings (SSSR count). The number of aliphatic hydroxyl groups is 2. The molecule has 14 nitrogen and oxygen atoms in total. The van der Waals surface area contributed by atoms with Crippen molar-refractivity contribution in [2.75, 3.05) is 24.2 Å². The SMILES string of the molecule is CCCSc1nc(NCCCc2cccc([N+](=O)[O-])c2)c2nnn([C@@H]3CC[C@@H](O)[C@H]3O)c2n1.CCNC(=O)O. The lowest BCUT2D eigenvalue weighted by molar-refractivity contribution is -0.384. The van der Waals surface area contributed by atoms with E-state index in [9.17, 15) is 25.1 Å². The number of benzene rings is 1. The Hall–Kier alpha value is -3.56. The molecular formula is C24H34N8O6S. The van der Waals surface area contributed by atoms with Crippen LogP contribution in [0, 0.1) is 10.1 Å². The number of thioether (sulfide) groups is 1. The second kappa shape index (κ2) is 14.6. The van der Waals surface area contributed by atoms with Crippen LogP contribution in [0.4, 0.5) is 16.3 Å². The molecule has 1 aliphatic carbocycles. The molecule has 3 atom stereocenters. The Balaban J connectivity index is 0.000000631. The van der Waals surface area contributed by atoms with E-state index in [1.807, 2.05) is 6.07 Å². The summed E-state index contributed by atoms with van der Waals surface area (Å²) in [6.45, 7) is 4.88. The molecule has 5 N–H and O–H groups in total. The van der Waals surface area contributed by atoms with Crippen molar-refractivity contribution in [1.29, 1.82) is 0 Å². The normalized spacial score (nSPS) is 18.4. The van der Waals surface area contributed by atoms with E-state index in [-0.39, 0.29) is 11.7 Å². The number of anilines is 1. The number of carbonyl (C=O) groups is 1. The number of nitro groups is 1. The molecular weight excluding hydrogens is 528 g/mol. The second-order valence-electron chi connectivity index (χ2n) is 8.90. The highest BCUT2D eigenvalue weighted by atomic mass is 32.2. The molecule has 2 aromatic heterocycles.